The lowest BCUT2D eigenvalue weighted by Gasteiger charge is -2.29. The van der Waals surface area contributed by atoms with Gasteiger partial charge in [-0.15, -0.1) is 23.5 Å². The Morgan fingerprint density at radius 2 is 1.83 bits per heavy atom. The second-order valence-corrected chi connectivity index (χ2v) is 9.52. The Kier molecular flexibility index (Phi) is 6.93. The Morgan fingerprint density at radius 3 is 2.46 bits per heavy atom. The highest BCUT2D eigenvalue weighted by Gasteiger charge is 2.23. The topological polar surface area (TPSA) is 33.5 Å². The van der Waals surface area contributed by atoms with E-state index in [0.29, 0.717) is 10.6 Å². The highest BCUT2D eigenvalue weighted by Crippen LogP contribution is 2.43. The summed E-state index contributed by atoms with van der Waals surface area (Å²) in [5.41, 5.74) is 2.14. The van der Waals surface area contributed by atoms with Gasteiger partial charge in [0.05, 0.1) is 24.2 Å². The number of nitrogens with one attached hydrogen (secondary N) is 2. The first-order chi connectivity index (χ1) is 11.8. The summed E-state index contributed by atoms with van der Waals surface area (Å²) < 4.78 is 0.543. The molecule has 2 heterocycles. The fraction of sp³-hybridized carbons (Fsp3) is 0.632. The number of carbonyl (C=O) groups is 1. The normalized spacial score (nSPS) is 25.4. The molecule has 3 nitrogen and oxygen atoms in total. The van der Waals surface area contributed by atoms with Crippen molar-refractivity contribution < 1.29 is 9.69 Å². The van der Waals surface area contributed by atoms with Crippen LogP contribution >= 0.6 is 23.5 Å². The Balaban J connectivity index is 1.50. The molecule has 0 atom stereocenters. The number of amides is 1. The van der Waals surface area contributed by atoms with E-state index in [1.54, 1.807) is 4.90 Å². The maximum absolute atomic E-state index is 12.5. The van der Waals surface area contributed by atoms with Gasteiger partial charge in [-0.1, -0.05) is 19.1 Å². The fourth-order valence-corrected chi connectivity index (χ4v) is 6.41. The van der Waals surface area contributed by atoms with Gasteiger partial charge in [0, 0.05) is 24.4 Å². The fourth-order valence-electron chi connectivity index (χ4n) is 3.51. The van der Waals surface area contributed by atoms with Crippen LogP contribution in [0.5, 0.6) is 0 Å². The molecule has 0 radical (unpaired) electrons. The number of thioether (sulfide) groups is 2. The third-order valence-corrected chi connectivity index (χ3v) is 7.92. The molecule has 2 aliphatic rings. The van der Waals surface area contributed by atoms with E-state index in [4.69, 9.17) is 0 Å². The van der Waals surface area contributed by atoms with E-state index < -0.39 is 0 Å². The van der Waals surface area contributed by atoms with Crippen LogP contribution in [0, 0.1) is 0 Å². The molecule has 0 saturated carbocycles. The minimum absolute atomic E-state index is 0.0921. The van der Waals surface area contributed by atoms with Crippen LogP contribution in [0.25, 0.3) is 0 Å². The lowest BCUT2D eigenvalue weighted by molar-refractivity contribution is -0.905. The predicted molar refractivity (Wildman–Crippen MR) is 105 cm³/mol. The third-order valence-electron chi connectivity index (χ3n) is 4.90. The second kappa shape index (κ2) is 9.16. The van der Waals surface area contributed by atoms with Gasteiger partial charge in [-0.05, 0) is 42.0 Å². The van der Waals surface area contributed by atoms with E-state index in [1.807, 2.05) is 35.7 Å². The molecular formula is C19H29N2OS2+. The van der Waals surface area contributed by atoms with Crippen molar-refractivity contribution in [3.8, 4) is 0 Å². The van der Waals surface area contributed by atoms with Crippen LogP contribution in [0.15, 0.2) is 24.3 Å². The number of benzene rings is 1. The smallest absolute Gasteiger partial charge is 0.251 e. The quantitative estimate of drug-likeness (QED) is 0.842. The maximum atomic E-state index is 12.5. The molecule has 3 rings (SSSR count). The molecule has 0 unspecified atom stereocenters. The molecule has 0 bridgehead atoms. The van der Waals surface area contributed by atoms with Crippen LogP contribution in [0.4, 0.5) is 0 Å². The monoisotopic (exact) mass is 365 g/mol. The average Bonchev–Trinajstić information content (AvgIpc) is 2.64. The van der Waals surface area contributed by atoms with Gasteiger partial charge < -0.3 is 10.2 Å². The number of hydrogen-bond donors (Lipinski definition) is 2. The molecule has 1 aromatic carbocycles. The van der Waals surface area contributed by atoms with Crippen molar-refractivity contribution in [2.45, 2.75) is 43.2 Å². The summed E-state index contributed by atoms with van der Waals surface area (Å²) in [6, 6.07) is 8.62. The summed E-state index contributed by atoms with van der Waals surface area (Å²) in [5.74, 6) is 2.59. The molecule has 24 heavy (non-hydrogen) atoms. The Bertz CT molecular complexity index is 521. The summed E-state index contributed by atoms with van der Waals surface area (Å²) in [7, 11) is 0. The summed E-state index contributed by atoms with van der Waals surface area (Å²) in [5, 5.41) is 3.23. The van der Waals surface area contributed by atoms with Crippen LogP contribution in [-0.4, -0.2) is 43.1 Å². The number of piperidine rings is 1. The van der Waals surface area contributed by atoms with E-state index in [9.17, 15) is 4.79 Å². The molecule has 0 aromatic heterocycles. The zero-order valence-corrected chi connectivity index (χ0v) is 16.2. The minimum Gasteiger partial charge on any atom is -0.349 e. The second-order valence-electron chi connectivity index (χ2n) is 6.80. The van der Waals surface area contributed by atoms with E-state index in [0.717, 1.165) is 18.4 Å². The summed E-state index contributed by atoms with van der Waals surface area (Å²) in [6.07, 6.45) is 4.77. The van der Waals surface area contributed by atoms with Gasteiger partial charge in [-0.2, -0.15) is 0 Å². The van der Waals surface area contributed by atoms with Crippen LogP contribution in [0.2, 0.25) is 0 Å². The van der Waals surface area contributed by atoms with Crippen LogP contribution in [-0.2, 0) is 0 Å². The molecule has 2 fully saturated rings. The average molecular weight is 366 g/mol. The minimum atomic E-state index is 0.0921. The molecule has 1 amide bonds. The highest BCUT2D eigenvalue weighted by molar-refractivity contribution is 8.16. The van der Waals surface area contributed by atoms with Crippen LogP contribution in [0.3, 0.4) is 0 Å². The number of quaternary nitrogens is 1. The van der Waals surface area contributed by atoms with Gasteiger partial charge in [-0.3, -0.25) is 4.79 Å². The largest absolute Gasteiger partial charge is 0.349 e. The van der Waals surface area contributed by atoms with Gasteiger partial charge in [0.1, 0.15) is 0 Å². The number of rotatable bonds is 5. The van der Waals surface area contributed by atoms with E-state index in [-0.39, 0.29) is 5.91 Å². The zero-order chi connectivity index (χ0) is 16.8. The van der Waals surface area contributed by atoms with Crippen molar-refractivity contribution in [3.05, 3.63) is 35.4 Å². The molecule has 0 aliphatic carbocycles. The summed E-state index contributed by atoms with van der Waals surface area (Å²) >= 11 is 4.05. The first-order valence-corrected chi connectivity index (χ1v) is 11.3. The van der Waals surface area contributed by atoms with Crippen molar-refractivity contribution in [3.63, 3.8) is 0 Å². The van der Waals surface area contributed by atoms with Crippen molar-refractivity contribution in [2.24, 2.45) is 0 Å². The molecule has 132 valence electrons. The Morgan fingerprint density at radius 1 is 1.17 bits per heavy atom. The van der Waals surface area contributed by atoms with E-state index >= 15 is 0 Å². The van der Waals surface area contributed by atoms with Gasteiger partial charge >= 0.3 is 0 Å². The van der Waals surface area contributed by atoms with Gasteiger partial charge in [-0.25, -0.2) is 0 Å². The van der Waals surface area contributed by atoms with Gasteiger partial charge in [0.2, 0.25) is 0 Å². The molecule has 2 N–H and O–H groups in total. The van der Waals surface area contributed by atoms with Crippen LogP contribution < -0.4 is 10.2 Å². The summed E-state index contributed by atoms with van der Waals surface area (Å²) in [6.45, 7) is 5.88. The molecule has 2 aliphatic heterocycles. The molecule has 2 saturated heterocycles. The van der Waals surface area contributed by atoms with Crippen molar-refractivity contribution in [1.29, 1.82) is 0 Å². The van der Waals surface area contributed by atoms with Gasteiger partial charge in [0.25, 0.3) is 5.91 Å². The molecule has 5 heteroatoms. The zero-order valence-electron chi connectivity index (χ0n) is 14.6. The third kappa shape index (κ3) is 4.93. The SMILES string of the molecule is CCC[NH+]1CCC(NC(=O)c2ccc(C3SCCCS3)cc2)CC1. The van der Waals surface area contributed by atoms with Crippen molar-refractivity contribution in [2.75, 3.05) is 31.1 Å². The number of likely N-dealkylation sites (tertiary alicyclic amines) is 1. The first-order valence-electron chi connectivity index (χ1n) is 9.24. The van der Waals surface area contributed by atoms with E-state index in [2.05, 4.69) is 24.4 Å². The summed E-state index contributed by atoms with van der Waals surface area (Å²) in [4.78, 5) is 14.2. The maximum Gasteiger partial charge on any atom is 0.251 e. The number of hydrogen-bond acceptors (Lipinski definition) is 3. The lowest BCUT2D eigenvalue weighted by atomic mass is 10.0. The molecule has 0 spiro atoms. The highest BCUT2D eigenvalue weighted by atomic mass is 32.2. The number of carbonyl (C=O) groups excluding carboxylic acids is 1. The molecular weight excluding hydrogens is 336 g/mol. The Labute approximate surface area is 154 Å². The van der Waals surface area contributed by atoms with Gasteiger partial charge in [0.15, 0.2) is 0 Å². The first kappa shape index (κ1) is 18.2. The van der Waals surface area contributed by atoms with Crippen molar-refractivity contribution in [1.82, 2.24) is 5.32 Å². The van der Waals surface area contributed by atoms with Crippen LogP contribution in [0.1, 0.15) is 53.1 Å². The van der Waals surface area contributed by atoms with Crippen molar-refractivity contribution >= 4 is 29.4 Å². The standard InChI is InChI=1S/C19H28N2OS2/c1-2-10-21-11-8-17(9-12-21)20-18(22)15-4-6-16(7-5-15)19-23-13-3-14-24-19/h4-7,17,19H,2-3,8-14H2,1H3,(H,20,22)/p+1. The lowest BCUT2D eigenvalue weighted by Crippen LogP contribution is -3.13. The molecule has 1 aromatic rings. The Hall–Kier alpha value is -0.650. The predicted octanol–water partition coefficient (Wildman–Crippen LogP) is 2.74. The van der Waals surface area contributed by atoms with E-state index in [1.165, 1.54) is 49.5 Å².